The number of hydrogen-bond acceptors (Lipinski definition) is 3. The predicted molar refractivity (Wildman–Crippen MR) is 118 cm³/mol. The first-order valence-corrected chi connectivity index (χ1v) is 11.4. The molecule has 6 heteroatoms. The first kappa shape index (κ1) is 19.2. The van der Waals surface area contributed by atoms with Crippen LogP contribution in [0.5, 0.6) is 0 Å². The molecule has 0 fully saturated rings. The number of nitrogens with zero attached hydrogens (tertiary/aromatic N) is 2. The highest BCUT2D eigenvalue weighted by Gasteiger charge is 2.37. The zero-order chi connectivity index (χ0) is 20.8. The van der Waals surface area contributed by atoms with E-state index in [2.05, 4.69) is 30.1 Å². The van der Waals surface area contributed by atoms with E-state index in [1.165, 1.54) is 11.1 Å². The Labute approximate surface area is 178 Å². The molecular weight excluding hydrogens is 394 g/mol. The van der Waals surface area contributed by atoms with E-state index in [9.17, 15) is 9.00 Å². The third-order valence-corrected chi connectivity index (χ3v) is 6.91. The maximum Gasteiger partial charge on any atom is 0.231 e. The molecule has 3 aromatic rings. The summed E-state index contributed by atoms with van der Waals surface area (Å²) in [5.41, 5.74) is 6.45. The number of carbonyl (C=O) groups is 1. The number of rotatable bonds is 3. The molecule has 1 aliphatic heterocycles. The van der Waals surface area contributed by atoms with Gasteiger partial charge in [0, 0.05) is 29.4 Å². The van der Waals surface area contributed by atoms with Crippen LogP contribution in [-0.2, 0) is 35.0 Å². The molecule has 3 unspecified atom stereocenters. The van der Waals surface area contributed by atoms with Crippen LogP contribution >= 0.6 is 0 Å². The fourth-order valence-electron chi connectivity index (χ4n) is 4.73. The Morgan fingerprint density at radius 3 is 2.60 bits per heavy atom. The highest BCUT2D eigenvalue weighted by molar-refractivity contribution is 7.82. The SMILES string of the molecule is CC1Cc2ccc(S(N)=O)cc2N1C(=O)C1Cc2ccc(-c3ccccn3)cc2C1. The highest BCUT2D eigenvalue weighted by atomic mass is 32.2. The summed E-state index contributed by atoms with van der Waals surface area (Å²) in [7, 11) is -1.56. The fraction of sp³-hybridized carbons (Fsp3) is 0.250. The largest absolute Gasteiger partial charge is 0.309 e. The van der Waals surface area contributed by atoms with E-state index in [0.29, 0.717) is 4.90 Å². The van der Waals surface area contributed by atoms with Gasteiger partial charge in [-0.15, -0.1) is 0 Å². The van der Waals surface area contributed by atoms with Crippen molar-refractivity contribution in [2.24, 2.45) is 11.1 Å². The molecule has 5 nitrogen and oxygen atoms in total. The summed E-state index contributed by atoms with van der Waals surface area (Å²) < 4.78 is 11.7. The van der Waals surface area contributed by atoms with E-state index in [4.69, 9.17) is 5.14 Å². The summed E-state index contributed by atoms with van der Waals surface area (Å²) in [6.07, 6.45) is 4.08. The van der Waals surface area contributed by atoms with Crippen molar-refractivity contribution >= 4 is 22.6 Å². The Bertz CT molecular complexity index is 1160. The van der Waals surface area contributed by atoms with Crippen LogP contribution < -0.4 is 10.0 Å². The molecule has 1 aromatic heterocycles. The maximum absolute atomic E-state index is 13.5. The summed E-state index contributed by atoms with van der Waals surface area (Å²) in [4.78, 5) is 20.4. The van der Waals surface area contributed by atoms with E-state index in [1.54, 1.807) is 12.3 Å². The molecule has 30 heavy (non-hydrogen) atoms. The number of aromatic nitrogens is 1. The predicted octanol–water partition coefficient (Wildman–Crippen LogP) is 3.42. The van der Waals surface area contributed by atoms with Gasteiger partial charge in [-0.05, 0) is 73.2 Å². The van der Waals surface area contributed by atoms with Gasteiger partial charge in [0.15, 0.2) is 0 Å². The van der Waals surface area contributed by atoms with E-state index in [1.807, 2.05) is 35.2 Å². The lowest BCUT2D eigenvalue weighted by molar-refractivity contribution is -0.122. The molecule has 2 heterocycles. The first-order valence-electron chi connectivity index (χ1n) is 10.2. The lowest BCUT2D eigenvalue weighted by Gasteiger charge is -2.26. The zero-order valence-electron chi connectivity index (χ0n) is 16.7. The van der Waals surface area contributed by atoms with Crippen LogP contribution in [0.1, 0.15) is 23.6 Å². The van der Waals surface area contributed by atoms with Crippen LogP contribution in [0, 0.1) is 5.92 Å². The number of pyridine rings is 1. The van der Waals surface area contributed by atoms with E-state index in [0.717, 1.165) is 41.8 Å². The van der Waals surface area contributed by atoms with Crippen molar-refractivity contribution in [2.75, 3.05) is 4.90 Å². The number of benzene rings is 2. The van der Waals surface area contributed by atoms with Gasteiger partial charge in [-0.25, -0.2) is 9.35 Å². The Morgan fingerprint density at radius 1 is 1.03 bits per heavy atom. The van der Waals surface area contributed by atoms with Gasteiger partial charge in [0.05, 0.1) is 10.6 Å². The van der Waals surface area contributed by atoms with Crippen molar-refractivity contribution in [3.05, 3.63) is 77.5 Å². The molecular formula is C24H23N3O2S. The molecule has 0 bridgehead atoms. The van der Waals surface area contributed by atoms with Crippen molar-refractivity contribution in [3.63, 3.8) is 0 Å². The number of amides is 1. The van der Waals surface area contributed by atoms with E-state index in [-0.39, 0.29) is 17.9 Å². The summed E-state index contributed by atoms with van der Waals surface area (Å²) in [5, 5.41) is 5.57. The second kappa shape index (κ2) is 7.45. The molecule has 5 rings (SSSR count). The minimum Gasteiger partial charge on any atom is -0.309 e. The second-order valence-corrected chi connectivity index (χ2v) is 9.22. The van der Waals surface area contributed by atoms with Gasteiger partial charge in [0.2, 0.25) is 5.91 Å². The van der Waals surface area contributed by atoms with Crippen LogP contribution in [0.25, 0.3) is 11.3 Å². The Hall–Kier alpha value is -2.83. The van der Waals surface area contributed by atoms with Gasteiger partial charge in [-0.2, -0.15) is 0 Å². The van der Waals surface area contributed by atoms with Gasteiger partial charge >= 0.3 is 0 Å². The number of fused-ring (bicyclic) bond motifs is 2. The molecule has 2 N–H and O–H groups in total. The van der Waals surface area contributed by atoms with Gasteiger partial charge in [0.1, 0.15) is 11.0 Å². The summed E-state index contributed by atoms with van der Waals surface area (Å²) in [6, 6.07) is 17.9. The van der Waals surface area contributed by atoms with Crippen LogP contribution in [0.3, 0.4) is 0 Å². The minimum absolute atomic E-state index is 0.0839. The molecule has 2 aliphatic rings. The first-order chi connectivity index (χ1) is 14.5. The quantitative estimate of drug-likeness (QED) is 0.709. The summed E-state index contributed by atoms with van der Waals surface area (Å²) in [6.45, 7) is 2.07. The van der Waals surface area contributed by atoms with Crippen LogP contribution in [0.2, 0.25) is 0 Å². The Kier molecular flexibility index (Phi) is 4.76. The molecule has 0 spiro atoms. The Balaban J connectivity index is 1.41. The van der Waals surface area contributed by atoms with Gasteiger partial charge in [0.25, 0.3) is 0 Å². The summed E-state index contributed by atoms with van der Waals surface area (Å²) in [5.74, 6) is 0.0520. The number of anilines is 1. The Morgan fingerprint density at radius 2 is 1.83 bits per heavy atom. The molecule has 0 saturated carbocycles. The molecule has 1 aliphatic carbocycles. The van der Waals surface area contributed by atoms with Crippen LogP contribution in [-0.4, -0.2) is 21.1 Å². The van der Waals surface area contributed by atoms with Crippen molar-refractivity contribution in [1.29, 1.82) is 0 Å². The summed E-state index contributed by atoms with van der Waals surface area (Å²) >= 11 is 0. The topological polar surface area (TPSA) is 76.3 Å². The lowest BCUT2D eigenvalue weighted by atomic mass is 10.0. The molecule has 2 aromatic carbocycles. The third-order valence-electron chi connectivity index (χ3n) is 6.19. The van der Waals surface area contributed by atoms with Crippen molar-refractivity contribution < 1.29 is 9.00 Å². The maximum atomic E-state index is 13.5. The lowest BCUT2D eigenvalue weighted by Crippen LogP contribution is -2.40. The molecule has 152 valence electrons. The standard InChI is InChI=1S/C24H23N3O2S/c1-15-10-18-7-8-21(30(25)29)14-23(18)27(15)24(28)20-11-16-5-6-17(12-19(16)13-20)22-4-2-3-9-26-22/h2-9,12,14-15,20H,10-11,13,25H2,1H3. The fourth-order valence-corrected chi connectivity index (χ4v) is 5.16. The van der Waals surface area contributed by atoms with E-state index < -0.39 is 11.0 Å². The van der Waals surface area contributed by atoms with Gasteiger partial charge in [-0.3, -0.25) is 9.78 Å². The number of nitrogens with two attached hydrogens (primary N) is 1. The highest BCUT2D eigenvalue weighted by Crippen LogP contribution is 2.38. The van der Waals surface area contributed by atoms with Crippen LogP contribution in [0.15, 0.2) is 65.7 Å². The third kappa shape index (κ3) is 3.26. The molecule has 1 amide bonds. The van der Waals surface area contributed by atoms with Crippen LogP contribution in [0.4, 0.5) is 5.69 Å². The number of carbonyl (C=O) groups excluding carboxylic acids is 1. The minimum atomic E-state index is -1.56. The molecule has 3 atom stereocenters. The van der Waals surface area contributed by atoms with Crippen molar-refractivity contribution in [2.45, 2.75) is 37.1 Å². The average molecular weight is 418 g/mol. The molecule has 0 radical (unpaired) electrons. The zero-order valence-corrected chi connectivity index (χ0v) is 17.6. The molecule has 0 saturated heterocycles. The monoisotopic (exact) mass is 417 g/mol. The van der Waals surface area contributed by atoms with Gasteiger partial charge < -0.3 is 4.90 Å². The van der Waals surface area contributed by atoms with Crippen molar-refractivity contribution in [3.8, 4) is 11.3 Å². The van der Waals surface area contributed by atoms with Gasteiger partial charge in [-0.1, -0.05) is 24.3 Å². The smallest absolute Gasteiger partial charge is 0.231 e. The normalized spacial score (nSPS) is 20.7. The average Bonchev–Trinajstić information content (AvgIpc) is 3.33. The van der Waals surface area contributed by atoms with E-state index >= 15 is 0 Å². The number of hydrogen-bond donors (Lipinski definition) is 1. The second-order valence-electron chi connectivity index (χ2n) is 8.15. The van der Waals surface area contributed by atoms with Crippen molar-refractivity contribution in [1.82, 2.24) is 4.98 Å².